The van der Waals surface area contributed by atoms with Crippen molar-refractivity contribution in [1.82, 2.24) is 9.78 Å². The second kappa shape index (κ2) is 4.31. The van der Waals surface area contributed by atoms with Gasteiger partial charge in [-0.25, -0.2) is 4.68 Å². The molecule has 0 atom stereocenters. The molecule has 0 bridgehead atoms. The van der Waals surface area contributed by atoms with E-state index in [0.717, 1.165) is 24.0 Å². The van der Waals surface area contributed by atoms with Crippen LogP contribution in [0.2, 0.25) is 0 Å². The van der Waals surface area contributed by atoms with Crippen LogP contribution in [0.1, 0.15) is 28.4 Å². The van der Waals surface area contributed by atoms with Gasteiger partial charge in [-0.05, 0) is 36.6 Å². The minimum Gasteiger partial charge on any atom is -0.298 e. The van der Waals surface area contributed by atoms with Crippen molar-refractivity contribution in [2.75, 3.05) is 0 Å². The van der Waals surface area contributed by atoms with Crippen LogP contribution in [0.5, 0.6) is 0 Å². The summed E-state index contributed by atoms with van der Waals surface area (Å²) >= 11 is 0. The molecule has 0 radical (unpaired) electrons. The van der Waals surface area contributed by atoms with Crippen LogP contribution >= 0.6 is 0 Å². The normalized spacial score (nSPS) is 10.4. The van der Waals surface area contributed by atoms with Gasteiger partial charge in [0, 0.05) is 11.8 Å². The van der Waals surface area contributed by atoms with Gasteiger partial charge in [0.15, 0.2) is 6.29 Å². The lowest BCUT2D eigenvalue weighted by molar-refractivity contribution is 0.112. The molecule has 1 heterocycles. The molecular weight excluding hydrogens is 200 g/mol. The largest absolute Gasteiger partial charge is 0.298 e. The van der Waals surface area contributed by atoms with E-state index in [2.05, 4.69) is 12.0 Å². The average molecular weight is 214 g/mol. The number of aldehydes is 1. The van der Waals surface area contributed by atoms with E-state index in [0.29, 0.717) is 5.56 Å². The summed E-state index contributed by atoms with van der Waals surface area (Å²) in [4.78, 5) is 10.9. The van der Waals surface area contributed by atoms with Gasteiger partial charge in [-0.15, -0.1) is 0 Å². The number of rotatable bonds is 3. The zero-order chi connectivity index (χ0) is 11.5. The van der Waals surface area contributed by atoms with Crippen LogP contribution in [-0.2, 0) is 6.42 Å². The molecule has 0 fully saturated rings. The molecule has 16 heavy (non-hydrogen) atoms. The molecule has 0 unspecified atom stereocenters. The number of benzene rings is 1. The van der Waals surface area contributed by atoms with Gasteiger partial charge in [0.1, 0.15) is 0 Å². The summed E-state index contributed by atoms with van der Waals surface area (Å²) in [6, 6.07) is 5.72. The molecule has 0 spiro atoms. The maximum absolute atomic E-state index is 10.9. The Bertz CT molecular complexity index is 514. The Hall–Kier alpha value is -1.90. The van der Waals surface area contributed by atoms with Crippen LogP contribution in [0.4, 0.5) is 0 Å². The van der Waals surface area contributed by atoms with E-state index in [-0.39, 0.29) is 0 Å². The second-order valence-electron chi connectivity index (χ2n) is 3.83. The molecule has 0 aliphatic heterocycles. The van der Waals surface area contributed by atoms with E-state index in [1.807, 2.05) is 37.5 Å². The SMILES string of the molecule is CCc1cnn(-c2cc(C)ccc2C=O)c1. The van der Waals surface area contributed by atoms with Gasteiger partial charge in [0.2, 0.25) is 0 Å². The molecule has 0 N–H and O–H groups in total. The number of carbonyl (C=O) groups is 1. The van der Waals surface area contributed by atoms with Crippen LogP contribution in [0.15, 0.2) is 30.6 Å². The fourth-order valence-electron chi connectivity index (χ4n) is 1.63. The van der Waals surface area contributed by atoms with Crippen LogP contribution in [0.3, 0.4) is 0 Å². The van der Waals surface area contributed by atoms with E-state index in [4.69, 9.17) is 0 Å². The first-order valence-corrected chi connectivity index (χ1v) is 5.34. The number of aromatic nitrogens is 2. The standard InChI is InChI=1S/C13H14N2O/c1-3-11-7-14-15(8-11)13-6-10(2)4-5-12(13)9-16/h4-9H,3H2,1-2H3. The maximum atomic E-state index is 10.9. The second-order valence-corrected chi connectivity index (χ2v) is 3.83. The van der Waals surface area contributed by atoms with Gasteiger partial charge >= 0.3 is 0 Å². The monoisotopic (exact) mass is 214 g/mol. The van der Waals surface area contributed by atoms with Gasteiger partial charge in [-0.2, -0.15) is 5.10 Å². The first-order chi connectivity index (χ1) is 7.74. The van der Waals surface area contributed by atoms with Crippen molar-refractivity contribution in [1.29, 1.82) is 0 Å². The van der Waals surface area contributed by atoms with Crippen molar-refractivity contribution in [2.24, 2.45) is 0 Å². The lowest BCUT2D eigenvalue weighted by Gasteiger charge is -2.05. The molecule has 0 saturated heterocycles. The summed E-state index contributed by atoms with van der Waals surface area (Å²) in [6.07, 6.45) is 5.60. The van der Waals surface area contributed by atoms with Crippen molar-refractivity contribution in [3.05, 3.63) is 47.3 Å². The van der Waals surface area contributed by atoms with Crippen molar-refractivity contribution in [2.45, 2.75) is 20.3 Å². The fraction of sp³-hybridized carbons (Fsp3) is 0.231. The van der Waals surface area contributed by atoms with Crippen molar-refractivity contribution in [3.8, 4) is 5.69 Å². The summed E-state index contributed by atoms with van der Waals surface area (Å²) in [5.41, 5.74) is 3.79. The smallest absolute Gasteiger partial charge is 0.152 e. The highest BCUT2D eigenvalue weighted by molar-refractivity contribution is 5.81. The number of nitrogens with zero attached hydrogens (tertiary/aromatic N) is 2. The topological polar surface area (TPSA) is 34.9 Å². The summed E-state index contributed by atoms with van der Waals surface area (Å²) in [7, 11) is 0. The lowest BCUT2D eigenvalue weighted by atomic mass is 10.1. The van der Waals surface area contributed by atoms with Gasteiger partial charge < -0.3 is 0 Å². The highest BCUT2D eigenvalue weighted by atomic mass is 16.1. The molecule has 2 rings (SSSR count). The first-order valence-electron chi connectivity index (χ1n) is 5.34. The molecule has 1 aromatic heterocycles. The average Bonchev–Trinajstić information content (AvgIpc) is 2.77. The minimum absolute atomic E-state index is 0.663. The Morgan fingerprint density at radius 2 is 2.25 bits per heavy atom. The zero-order valence-corrected chi connectivity index (χ0v) is 9.47. The van der Waals surface area contributed by atoms with E-state index < -0.39 is 0 Å². The minimum atomic E-state index is 0.663. The molecular formula is C13H14N2O. The van der Waals surface area contributed by atoms with Crippen molar-refractivity contribution in [3.63, 3.8) is 0 Å². The third-order valence-electron chi connectivity index (χ3n) is 2.60. The third kappa shape index (κ3) is 1.89. The summed E-state index contributed by atoms with van der Waals surface area (Å²) in [5.74, 6) is 0. The van der Waals surface area contributed by atoms with E-state index in [1.165, 1.54) is 5.56 Å². The quantitative estimate of drug-likeness (QED) is 0.736. The molecule has 1 aromatic carbocycles. The predicted octanol–water partition coefficient (Wildman–Crippen LogP) is 2.56. The van der Waals surface area contributed by atoms with Crippen LogP contribution in [0.25, 0.3) is 5.69 Å². The Morgan fingerprint density at radius 3 is 2.88 bits per heavy atom. The third-order valence-corrected chi connectivity index (χ3v) is 2.60. The zero-order valence-electron chi connectivity index (χ0n) is 9.47. The molecule has 0 aliphatic rings. The molecule has 0 saturated carbocycles. The summed E-state index contributed by atoms with van der Waals surface area (Å²) in [6.45, 7) is 4.08. The Kier molecular flexibility index (Phi) is 2.86. The molecule has 3 nitrogen and oxygen atoms in total. The fourth-order valence-corrected chi connectivity index (χ4v) is 1.63. The summed E-state index contributed by atoms with van der Waals surface area (Å²) in [5, 5.41) is 4.26. The molecule has 0 amide bonds. The molecule has 82 valence electrons. The van der Waals surface area contributed by atoms with Gasteiger partial charge in [-0.3, -0.25) is 4.79 Å². The predicted molar refractivity (Wildman–Crippen MR) is 63.1 cm³/mol. The van der Waals surface area contributed by atoms with Gasteiger partial charge in [0.05, 0.1) is 11.9 Å². The van der Waals surface area contributed by atoms with E-state index in [1.54, 1.807) is 4.68 Å². The molecule has 0 aliphatic carbocycles. The molecule has 3 heteroatoms. The Labute approximate surface area is 94.7 Å². The highest BCUT2D eigenvalue weighted by Crippen LogP contribution is 2.15. The molecule has 2 aromatic rings. The number of carbonyl (C=O) groups excluding carboxylic acids is 1. The number of hydrogen-bond acceptors (Lipinski definition) is 2. The lowest BCUT2D eigenvalue weighted by Crippen LogP contribution is -1.99. The Morgan fingerprint density at radius 1 is 1.44 bits per heavy atom. The van der Waals surface area contributed by atoms with Crippen LogP contribution in [0, 0.1) is 6.92 Å². The first kappa shape index (κ1) is 10.6. The van der Waals surface area contributed by atoms with Crippen LogP contribution in [-0.4, -0.2) is 16.1 Å². The van der Waals surface area contributed by atoms with Crippen LogP contribution < -0.4 is 0 Å². The van der Waals surface area contributed by atoms with Gasteiger partial charge in [-0.1, -0.05) is 13.0 Å². The number of aryl methyl sites for hydroxylation is 2. The van der Waals surface area contributed by atoms with Crippen molar-refractivity contribution >= 4 is 6.29 Å². The van der Waals surface area contributed by atoms with E-state index in [9.17, 15) is 4.79 Å². The Balaban J connectivity index is 2.53. The van der Waals surface area contributed by atoms with E-state index >= 15 is 0 Å². The van der Waals surface area contributed by atoms with Crippen molar-refractivity contribution < 1.29 is 4.79 Å². The highest BCUT2D eigenvalue weighted by Gasteiger charge is 2.05. The van der Waals surface area contributed by atoms with Gasteiger partial charge in [0.25, 0.3) is 0 Å². The number of hydrogen-bond donors (Lipinski definition) is 0. The maximum Gasteiger partial charge on any atom is 0.152 e. The summed E-state index contributed by atoms with van der Waals surface area (Å²) < 4.78 is 1.76.